The molecule has 0 aliphatic rings. The number of hydrogen-bond acceptors (Lipinski definition) is 4. The topological polar surface area (TPSA) is 86.7 Å². The summed E-state index contributed by atoms with van der Waals surface area (Å²) in [6.45, 7) is 1.35. The Bertz CT molecular complexity index is 79.1. The van der Waals surface area contributed by atoms with Crippen LogP contribution in [0.5, 0.6) is 0 Å². The molecule has 0 fully saturated rings. The van der Waals surface area contributed by atoms with Crippen LogP contribution in [0.25, 0.3) is 0 Å². The van der Waals surface area contributed by atoms with Gasteiger partial charge in [0.1, 0.15) is 6.10 Å². The van der Waals surface area contributed by atoms with E-state index in [1.165, 1.54) is 0 Å². The smallest absolute Gasteiger partial charge is 0.104 e. The van der Waals surface area contributed by atoms with Crippen molar-refractivity contribution in [1.29, 1.82) is 0 Å². The van der Waals surface area contributed by atoms with E-state index in [1.807, 2.05) is 0 Å². The summed E-state index contributed by atoms with van der Waals surface area (Å²) in [7, 11) is 0. The zero-order valence-corrected chi connectivity index (χ0v) is 6.07. The minimum atomic E-state index is -1.12. The molecule has 0 spiro atoms. The summed E-state index contributed by atoms with van der Waals surface area (Å²) in [5.41, 5.74) is 5.37. The molecule has 0 aromatic rings. The van der Waals surface area contributed by atoms with Crippen molar-refractivity contribution < 1.29 is 15.3 Å². The van der Waals surface area contributed by atoms with Gasteiger partial charge in [0.05, 0.1) is 12.7 Å². The lowest BCUT2D eigenvalue weighted by molar-refractivity contribution is -0.0262. The molecule has 0 rings (SSSR count). The quantitative estimate of drug-likeness (QED) is 0.389. The summed E-state index contributed by atoms with van der Waals surface area (Å²) in [5.74, 6) is 0. The summed E-state index contributed by atoms with van der Waals surface area (Å²) in [5, 5.41) is 26.3. The highest BCUT2D eigenvalue weighted by atomic mass is 16.4. The standard InChI is InChI=1S/C6H15NO3/c1-2-4(7)6(10)5(9)3-8/h4-6,8-10H,2-3,7H2,1H3. The predicted octanol–water partition coefficient (Wildman–Crippen LogP) is -1.56. The molecule has 3 unspecified atom stereocenters. The van der Waals surface area contributed by atoms with Crippen molar-refractivity contribution in [2.75, 3.05) is 6.61 Å². The highest BCUT2D eigenvalue weighted by Crippen LogP contribution is 1.99. The maximum atomic E-state index is 9.05. The molecule has 0 aliphatic carbocycles. The van der Waals surface area contributed by atoms with Gasteiger partial charge in [-0.25, -0.2) is 0 Å². The van der Waals surface area contributed by atoms with E-state index in [2.05, 4.69) is 0 Å². The van der Waals surface area contributed by atoms with Crippen molar-refractivity contribution >= 4 is 0 Å². The fraction of sp³-hybridized carbons (Fsp3) is 1.00. The van der Waals surface area contributed by atoms with E-state index < -0.39 is 24.9 Å². The largest absolute Gasteiger partial charge is 0.394 e. The van der Waals surface area contributed by atoms with E-state index in [0.29, 0.717) is 6.42 Å². The van der Waals surface area contributed by atoms with Gasteiger partial charge in [-0.05, 0) is 6.42 Å². The zero-order valence-electron chi connectivity index (χ0n) is 6.07. The van der Waals surface area contributed by atoms with Gasteiger partial charge in [-0.15, -0.1) is 0 Å². The van der Waals surface area contributed by atoms with Crippen molar-refractivity contribution in [3.05, 3.63) is 0 Å². The van der Waals surface area contributed by atoms with Crippen molar-refractivity contribution in [2.24, 2.45) is 5.73 Å². The van der Waals surface area contributed by atoms with Gasteiger partial charge in [0.2, 0.25) is 0 Å². The number of nitrogens with two attached hydrogens (primary N) is 1. The summed E-state index contributed by atoms with van der Waals surface area (Å²) in [4.78, 5) is 0. The van der Waals surface area contributed by atoms with E-state index in [1.54, 1.807) is 6.92 Å². The van der Waals surface area contributed by atoms with E-state index in [0.717, 1.165) is 0 Å². The van der Waals surface area contributed by atoms with Gasteiger partial charge in [-0.3, -0.25) is 0 Å². The predicted molar refractivity (Wildman–Crippen MR) is 37.4 cm³/mol. The van der Waals surface area contributed by atoms with Crippen LogP contribution in [0.3, 0.4) is 0 Å². The lowest BCUT2D eigenvalue weighted by Gasteiger charge is -2.20. The van der Waals surface area contributed by atoms with Crippen LogP contribution in [-0.4, -0.2) is 40.2 Å². The highest BCUT2D eigenvalue weighted by Gasteiger charge is 2.20. The molecule has 0 aliphatic heterocycles. The van der Waals surface area contributed by atoms with Gasteiger partial charge in [-0.2, -0.15) is 0 Å². The lowest BCUT2D eigenvalue weighted by atomic mass is 10.1. The first-order chi connectivity index (χ1) is 4.63. The van der Waals surface area contributed by atoms with Crippen LogP contribution >= 0.6 is 0 Å². The molecular weight excluding hydrogens is 134 g/mol. The maximum Gasteiger partial charge on any atom is 0.104 e. The maximum absolute atomic E-state index is 9.05. The van der Waals surface area contributed by atoms with Gasteiger partial charge < -0.3 is 21.1 Å². The van der Waals surface area contributed by atoms with Crippen LogP contribution in [-0.2, 0) is 0 Å². The van der Waals surface area contributed by atoms with Gasteiger partial charge in [-0.1, -0.05) is 6.92 Å². The Kier molecular flexibility index (Phi) is 4.55. The third kappa shape index (κ3) is 2.62. The van der Waals surface area contributed by atoms with Crippen LogP contribution < -0.4 is 5.73 Å². The molecular formula is C6H15NO3. The Morgan fingerprint density at radius 1 is 1.40 bits per heavy atom. The van der Waals surface area contributed by atoms with Gasteiger partial charge >= 0.3 is 0 Å². The fourth-order valence-corrected chi connectivity index (χ4v) is 0.635. The molecule has 0 aromatic heterocycles. The number of aliphatic hydroxyl groups is 3. The molecule has 0 amide bonds. The summed E-state index contributed by atoms with van der Waals surface area (Å²) in [6.07, 6.45) is -1.55. The normalized spacial score (nSPS) is 20.1. The lowest BCUT2D eigenvalue weighted by Crippen LogP contribution is -2.44. The number of hydrogen-bond donors (Lipinski definition) is 4. The van der Waals surface area contributed by atoms with E-state index >= 15 is 0 Å². The highest BCUT2D eigenvalue weighted by molar-refractivity contribution is 4.76. The van der Waals surface area contributed by atoms with E-state index in [9.17, 15) is 0 Å². The van der Waals surface area contributed by atoms with Crippen LogP contribution in [0.2, 0.25) is 0 Å². The summed E-state index contributed by atoms with van der Waals surface area (Å²) >= 11 is 0. The average Bonchev–Trinajstić information content (AvgIpc) is 2.00. The zero-order chi connectivity index (χ0) is 8.15. The van der Waals surface area contributed by atoms with Crippen molar-refractivity contribution in [1.82, 2.24) is 0 Å². The van der Waals surface area contributed by atoms with E-state index in [4.69, 9.17) is 21.1 Å². The summed E-state index contributed by atoms with van der Waals surface area (Å²) in [6, 6.07) is -0.456. The van der Waals surface area contributed by atoms with Crippen LogP contribution in [0.4, 0.5) is 0 Å². The first-order valence-electron chi connectivity index (χ1n) is 3.36. The van der Waals surface area contributed by atoms with Gasteiger partial charge in [0, 0.05) is 6.04 Å². The van der Waals surface area contributed by atoms with E-state index in [-0.39, 0.29) is 0 Å². The molecule has 10 heavy (non-hydrogen) atoms. The molecule has 0 heterocycles. The molecule has 0 bridgehead atoms. The Hall–Kier alpha value is -0.160. The molecule has 3 atom stereocenters. The molecule has 0 aromatic carbocycles. The third-order valence-electron chi connectivity index (χ3n) is 1.49. The second-order valence-corrected chi connectivity index (χ2v) is 2.31. The van der Waals surface area contributed by atoms with Crippen molar-refractivity contribution in [3.63, 3.8) is 0 Å². The average molecular weight is 149 g/mol. The fourth-order valence-electron chi connectivity index (χ4n) is 0.635. The minimum absolute atomic E-state index is 0.450. The molecule has 5 N–H and O–H groups in total. The Labute approximate surface area is 60.3 Å². The first-order valence-corrected chi connectivity index (χ1v) is 3.36. The second kappa shape index (κ2) is 4.62. The number of aliphatic hydroxyl groups excluding tert-OH is 3. The monoisotopic (exact) mass is 149 g/mol. The number of rotatable bonds is 4. The molecule has 0 saturated carbocycles. The van der Waals surface area contributed by atoms with Gasteiger partial charge in [0.25, 0.3) is 0 Å². The van der Waals surface area contributed by atoms with Crippen molar-refractivity contribution in [3.8, 4) is 0 Å². The molecule has 0 radical (unpaired) electrons. The molecule has 62 valence electrons. The van der Waals surface area contributed by atoms with Crippen LogP contribution in [0, 0.1) is 0 Å². The summed E-state index contributed by atoms with van der Waals surface area (Å²) < 4.78 is 0. The third-order valence-corrected chi connectivity index (χ3v) is 1.49. The van der Waals surface area contributed by atoms with Crippen LogP contribution in [0.1, 0.15) is 13.3 Å². The van der Waals surface area contributed by atoms with Crippen LogP contribution in [0.15, 0.2) is 0 Å². The Morgan fingerprint density at radius 3 is 2.20 bits per heavy atom. The second-order valence-electron chi connectivity index (χ2n) is 2.31. The SMILES string of the molecule is CCC(N)C(O)C(O)CO. The Balaban J connectivity index is 3.69. The first kappa shape index (κ1) is 9.84. The minimum Gasteiger partial charge on any atom is -0.394 e. The Morgan fingerprint density at radius 2 is 1.90 bits per heavy atom. The molecule has 0 saturated heterocycles. The molecule has 4 heteroatoms. The molecule has 4 nitrogen and oxygen atoms in total. The van der Waals surface area contributed by atoms with Gasteiger partial charge in [0.15, 0.2) is 0 Å². The van der Waals surface area contributed by atoms with Crippen molar-refractivity contribution in [2.45, 2.75) is 31.6 Å².